The van der Waals surface area contributed by atoms with Gasteiger partial charge in [0.15, 0.2) is 11.6 Å². The monoisotopic (exact) mass is 672 g/mol. The topological polar surface area (TPSA) is 92.0 Å². The number of aliphatic hydroxyl groups is 1. The molecule has 252 valence electrons. The molecule has 6 nitrogen and oxygen atoms in total. The fourth-order valence-corrected chi connectivity index (χ4v) is 9.99. The Kier molecular flexibility index (Phi) is 11.4. The van der Waals surface area contributed by atoms with Crippen LogP contribution in [0.25, 0.3) is 17.0 Å². The summed E-state index contributed by atoms with van der Waals surface area (Å²) < 4.78 is 0. The molecule has 0 bridgehead atoms. The molecule has 2 heterocycles. The number of aromatic hydroxyl groups is 1. The van der Waals surface area contributed by atoms with E-state index < -0.39 is 0 Å². The van der Waals surface area contributed by atoms with Gasteiger partial charge in [-0.05, 0) is 59.3 Å². The highest BCUT2D eigenvalue weighted by molar-refractivity contribution is 8.03. The molecule has 0 saturated heterocycles. The Hall–Kier alpha value is -2.84. The van der Waals surface area contributed by atoms with Gasteiger partial charge in [-0.15, -0.1) is 0 Å². The molecule has 5 rings (SSSR count). The Balaban J connectivity index is 1.40. The Morgan fingerprint density at radius 3 is 1.85 bits per heavy atom. The zero-order valence-electron chi connectivity index (χ0n) is 29.2. The summed E-state index contributed by atoms with van der Waals surface area (Å²) >= 11 is 3.96. The highest BCUT2D eigenvalue weighted by Crippen LogP contribution is 2.47. The molecule has 2 aromatic heterocycles. The second-order valence-corrected chi connectivity index (χ2v) is 17.7. The maximum absolute atomic E-state index is 11.7. The van der Waals surface area contributed by atoms with Crippen LogP contribution in [0, 0.1) is 17.3 Å². The summed E-state index contributed by atoms with van der Waals surface area (Å²) in [5.74, 6) is 3.67. The van der Waals surface area contributed by atoms with Crippen molar-refractivity contribution in [1.29, 1.82) is 0 Å². The van der Waals surface area contributed by atoms with Gasteiger partial charge in [-0.25, -0.2) is 19.9 Å². The van der Waals surface area contributed by atoms with E-state index >= 15 is 0 Å². The van der Waals surface area contributed by atoms with E-state index in [1.54, 1.807) is 30.9 Å². The number of aromatic nitrogens is 4. The van der Waals surface area contributed by atoms with Gasteiger partial charge in [-0.1, -0.05) is 86.3 Å². The van der Waals surface area contributed by atoms with Crippen LogP contribution in [0.5, 0.6) is 5.75 Å². The van der Waals surface area contributed by atoms with Crippen LogP contribution in [-0.2, 0) is 11.2 Å². The van der Waals surface area contributed by atoms with E-state index in [-0.39, 0.29) is 28.4 Å². The average Bonchev–Trinajstić information content (AvgIpc) is 3.01. The first kappa shape index (κ1) is 35.5. The highest BCUT2D eigenvalue weighted by Gasteiger charge is 2.38. The quantitative estimate of drug-likeness (QED) is 0.244. The Bertz CT molecular complexity index is 1560. The molecule has 0 amide bonds. The van der Waals surface area contributed by atoms with Crippen molar-refractivity contribution >= 4 is 29.1 Å². The molecule has 2 N–H and O–H groups in total. The third-order valence-corrected chi connectivity index (χ3v) is 12.8. The zero-order valence-corrected chi connectivity index (χ0v) is 30.8. The Morgan fingerprint density at radius 1 is 0.745 bits per heavy atom. The lowest BCUT2D eigenvalue weighted by atomic mass is 9.67. The van der Waals surface area contributed by atoms with Gasteiger partial charge in [0, 0.05) is 63.5 Å². The van der Waals surface area contributed by atoms with Crippen molar-refractivity contribution < 1.29 is 10.2 Å². The fraction of sp³-hybridized carbons (Fsp3) is 0.538. The molecule has 1 fully saturated rings. The molecule has 2 aliphatic carbocycles. The minimum absolute atomic E-state index is 0.0297. The van der Waals surface area contributed by atoms with E-state index in [0.29, 0.717) is 33.5 Å². The number of thioether (sulfide) groups is 2. The molecule has 0 spiro atoms. The SMILES string of the molecule is CC1C(c2ncccn2)=C(O)C(CS[C@H]2CCCCCC[C@@H]2SCc2cc(C(C)(C)C)cc(-c3ncccn3)c2O)=CC1C(C)(C)C. The molecule has 0 radical (unpaired) electrons. The number of allylic oxidation sites excluding steroid dienone is 3. The van der Waals surface area contributed by atoms with Crippen molar-refractivity contribution in [2.75, 3.05) is 5.75 Å². The predicted octanol–water partition coefficient (Wildman–Crippen LogP) is 10.2. The minimum atomic E-state index is -0.0788. The summed E-state index contributed by atoms with van der Waals surface area (Å²) in [5, 5.41) is 24.1. The Morgan fingerprint density at radius 2 is 1.30 bits per heavy atom. The number of rotatable bonds is 8. The van der Waals surface area contributed by atoms with Gasteiger partial charge in [-0.2, -0.15) is 23.5 Å². The van der Waals surface area contributed by atoms with Crippen molar-refractivity contribution in [3.63, 3.8) is 0 Å². The maximum Gasteiger partial charge on any atom is 0.162 e. The second kappa shape index (κ2) is 15.1. The van der Waals surface area contributed by atoms with Gasteiger partial charge >= 0.3 is 0 Å². The molecule has 0 aliphatic heterocycles. The molecular formula is C39H52N4O2S2. The number of aliphatic hydroxyl groups excluding tert-OH is 1. The minimum Gasteiger partial charge on any atom is -0.507 e. The van der Waals surface area contributed by atoms with Gasteiger partial charge in [-0.3, -0.25) is 0 Å². The number of phenolic OH excluding ortho intramolecular Hbond substituents is 1. The lowest BCUT2D eigenvalue weighted by molar-refractivity contribution is 0.241. The Labute approximate surface area is 290 Å². The van der Waals surface area contributed by atoms with E-state index in [0.717, 1.165) is 41.1 Å². The van der Waals surface area contributed by atoms with E-state index in [1.807, 2.05) is 35.7 Å². The van der Waals surface area contributed by atoms with Crippen LogP contribution >= 0.6 is 23.5 Å². The molecule has 2 aliphatic rings. The first-order valence-corrected chi connectivity index (χ1v) is 19.2. The number of benzene rings is 1. The smallest absolute Gasteiger partial charge is 0.162 e. The number of hydrogen-bond acceptors (Lipinski definition) is 8. The lowest BCUT2D eigenvalue weighted by Gasteiger charge is -2.38. The van der Waals surface area contributed by atoms with Crippen molar-refractivity contribution in [1.82, 2.24) is 19.9 Å². The van der Waals surface area contributed by atoms with Gasteiger partial charge in [0.1, 0.15) is 11.5 Å². The van der Waals surface area contributed by atoms with E-state index in [2.05, 4.69) is 80.5 Å². The van der Waals surface area contributed by atoms with Crippen molar-refractivity contribution in [2.24, 2.45) is 17.3 Å². The molecule has 8 heteroatoms. The average molecular weight is 673 g/mol. The van der Waals surface area contributed by atoms with Crippen LogP contribution in [0.15, 0.2) is 66.5 Å². The number of nitrogens with zero attached hydrogens (tertiary/aromatic N) is 4. The van der Waals surface area contributed by atoms with E-state index in [9.17, 15) is 10.2 Å². The van der Waals surface area contributed by atoms with Gasteiger partial charge in [0.2, 0.25) is 0 Å². The summed E-state index contributed by atoms with van der Waals surface area (Å²) in [5.41, 5.74) is 4.63. The summed E-state index contributed by atoms with van der Waals surface area (Å²) in [6.45, 7) is 15.7. The molecule has 1 aromatic carbocycles. The first-order valence-electron chi connectivity index (χ1n) is 17.1. The highest BCUT2D eigenvalue weighted by atomic mass is 32.2. The van der Waals surface area contributed by atoms with Gasteiger partial charge < -0.3 is 10.2 Å². The van der Waals surface area contributed by atoms with E-state index in [4.69, 9.17) is 0 Å². The van der Waals surface area contributed by atoms with Crippen LogP contribution in [0.1, 0.15) is 104 Å². The van der Waals surface area contributed by atoms with Crippen LogP contribution < -0.4 is 0 Å². The normalized spacial score (nSPS) is 22.8. The first-order chi connectivity index (χ1) is 22.3. The summed E-state index contributed by atoms with van der Waals surface area (Å²) in [4.78, 5) is 18.0. The summed E-state index contributed by atoms with van der Waals surface area (Å²) in [7, 11) is 0. The summed E-state index contributed by atoms with van der Waals surface area (Å²) in [6.07, 6.45) is 16.6. The van der Waals surface area contributed by atoms with Crippen LogP contribution in [0.3, 0.4) is 0 Å². The maximum atomic E-state index is 11.7. The predicted molar refractivity (Wildman–Crippen MR) is 199 cm³/mol. The summed E-state index contributed by atoms with van der Waals surface area (Å²) in [6, 6.07) is 7.85. The third kappa shape index (κ3) is 8.61. The lowest BCUT2D eigenvalue weighted by Crippen LogP contribution is -2.30. The third-order valence-electron chi connectivity index (χ3n) is 9.65. The van der Waals surface area contributed by atoms with Crippen LogP contribution in [0.4, 0.5) is 0 Å². The molecule has 47 heavy (non-hydrogen) atoms. The van der Waals surface area contributed by atoms with Crippen molar-refractivity contribution in [3.8, 4) is 17.1 Å². The molecule has 1 saturated carbocycles. The fourth-order valence-electron chi connectivity index (χ4n) is 6.91. The number of hydrogen-bond donors (Lipinski definition) is 2. The van der Waals surface area contributed by atoms with Crippen LogP contribution in [-0.4, -0.2) is 46.4 Å². The molecular weight excluding hydrogens is 621 g/mol. The number of phenols is 1. The van der Waals surface area contributed by atoms with Gasteiger partial charge in [0.25, 0.3) is 0 Å². The standard InChI is InChI=1S/C39H52N4O2S2/c1-25-30(39(5,6)7)21-27(35(45)33(25)37-42-18-13-19-43-37)24-47-32-15-11-9-8-10-14-31(32)46-23-26-20-28(38(2,3)4)22-29(34(26)44)36-40-16-12-17-41-36/h12-13,16-22,25,30-32,44-45H,8-11,14-15,23-24H2,1-7H3/t25?,30?,31-,32-/m0/s1. The van der Waals surface area contributed by atoms with Gasteiger partial charge in [0.05, 0.1) is 5.56 Å². The molecule has 4 atom stereocenters. The zero-order chi connectivity index (χ0) is 33.8. The molecule has 3 aromatic rings. The molecule has 2 unspecified atom stereocenters. The van der Waals surface area contributed by atoms with Crippen molar-refractivity contribution in [2.45, 2.75) is 109 Å². The van der Waals surface area contributed by atoms with Crippen molar-refractivity contribution in [3.05, 3.63) is 83.4 Å². The van der Waals surface area contributed by atoms with E-state index in [1.165, 1.54) is 31.2 Å². The second-order valence-electron chi connectivity index (χ2n) is 15.3. The largest absolute Gasteiger partial charge is 0.507 e. The van der Waals surface area contributed by atoms with Crippen LogP contribution in [0.2, 0.25) is 0 Å².